The second-order valence-electron chi connectivity index (χ2n) is 6.93. The molecule has 0 unspecified atom stereocenters. The number of aromatic nitrogens is 1. The molecule has 3 N–H and O–H groups in total. The van der Waals surface area contributed by atoms with Crippen LogP contribution in [0.15, 0.2) is 42.6 Å². The van der Waals surface area contributed by atoms with Crippen LogP contribution in [0.4, 0.5) is 27.7 Å². The maximum absolute atomic E-state index is 12.1. The van der Waals surface area contributed by atoms with Crippen LogP contribution in [0, 0.1) is 0 Å². The molecular formula is C20H27N5O. The third kappa shape index (κ3) is 5.12. The predicted molar refractivity (Wildman–Crippen MR) is 107 cm³/mol. The molecule has 1 saturated carbocycles. The van der Waals surface area contributed by atoms with E-state index in [-0.39, 0.29) is 6.03 Å². The van der Waals surface area contributed by atoms with E-state index in [1.54, 1.807) is 6.20 Å². The Morgan fingerprint density at radius 1 is 1.00 bits per heavy atom. The third-order valence-electron chi connectivity index (χ3n) is 4.62. The average Bonchev–Trinajstić information content (AvgIpc) is 2.64. The molecule has 138 valence electrons. The smallest absolute Gasteiger partial charge is 0.319 e. The standard InChI is InChI=1S/C20H27N5O/c1-25(2)18-11-8-16(9-12-18)22-19-13-10-17(14-21-19)24-20(26)23-15-6-4-3-5-7-15/h8-15H,3-7H2,1-2H3,(H,21,22)(H2,23,24,26). The molecule has 1 aliphatic carbocycles. The van der Waals surface area contributed by atoms with Crippen molar-refractivity contribution in [1.82, 2.24) is 10.3 Å². The van der Waals surface area contributed by atoms with E-state index < -0.39 is 0 Å². The SMILES string of the molecule is CN(C)c1ccc(Nc2ccc(NC(=O)NC3CCCCC3)cn2)cc1. The highest BCUT2D eigenvalue weighted by molar-refractivity contribution is 5.89. The lowest BCUT2D eigenvalue weighted by atomic mass is 9.96. The molecule has 0 aliphatic heterocycles. The number of hydrogen-bond donors (Lipinski definition) is 3. The largest absolute Gasteiger partial charge is 0.378 e. The quantitative estimate of drug-likeness (QED) is 0.748. The number of amides is 2. The first-order chi connectivity index (χ1) is 12.6. The van der Waals surface area contributed by atoms with E-state index >= 15 is 0 Å². The third-order valence-corrected chi connectivity index (χ3v) is 4.62. The van der Waals surface area contributed by atoms with Gasteiger partial charge in [-0.05, 0) is 49.2 Å². The summed E-state index contributed by atoms with van der Waals surface area (Å²) >= 11 is 0. The molecule has 1 aliphatic rings. The summed E-state index contributed by atoms with van der Waals surface area (Å²) in [6.07, 6.45) is 7.47. The maximum Gasteiger partial charge on any atom is 0.319 e. The monoisotopic (exact) mass is 353 g/mol. The summed E-state index contributed by atoms with van der Waals surface area (Å²) in [7, 11) is 4.03. The van der Waals surface area contributed by atoms with Gasteiger partial charge < -0.3 is 20.9 Å². The molecule has 6 nitrogen and oxygen atoms in total. The van der Waals surface area contributed by atoms with Crippen LogP contribution in [0.3, 0.4) is 0 Å². The van der Waals surface area contributed by atoms with Crippen molar-refractivity contribution < 1.29 is 4.79 Å². The minimum atomic E-state index is -0.154. The fourth-order valence-corrected chi connectivity index (χ4v) is 3.13. The van der Waals surface area contributed by atoms with Crippen molar-refractivity contribution in [2.24, 2.45) is 0 Å². The summed E-state index contributed by atoms with van der Waals surface area (Å²) in [5.41, 5.74) is 2.80. The molecule has 0 radical (unpaired) electrons. The van der Waals surface area contributed by atoms with Crippen LogP contribution in [-0.4, -0.2) is 31.2 Å². The van der Waals surface area contributed by atoms with Gasteiger partial charge in [-0.3, -0.25) is 0 Å². The van der Waals surface area contributed by atoms with Gasteiger partial charge >= 0.3 is 6.03 Å². The van der Waals surface area contributed by atoms with E-state index in [0.29, 0.717) is 11.7 Å². The van der Waals surface area contributed by atoms with Gasteiger partial charge in [-0.25, -0.2) is 9.78 Å². The Morgan fingerprint density at radius 3 is 2.31 bits per heavy atom. The number of urea groups is 1. The molecule has 3 rings (SSSR count). The second-order valence-corrected chi connectivity index (χ2v) is 6.93. The summed E-state index contributed by atoms with van der Waals surface area (Å²) in [4.78, 5) is 18.5. The summed E-state index contributed by atoms with van der Waals surface area (Å²) in [6, 6.07) is 12.0. The zero-order chi connectivity index (χ0) is 18.4. The van der Waals surface area contributed by atoms with Crippen LogP contribution in [0.2, 0.25) is 0 Å². The van der Waals surface area contributed by atoms with Crippen molar-refractivity contribution in [2.75, 3.05) is 29.6 Å². The lowest BCUT2D eigenvalue weighted by molar-refractivity contribution is 0.244. The molecule has 2 aromatic rings. The van der Waals surface area contributed by atoms with Gasteiger partial charge in [0.2, 0.25) is 0 Å². The maximum atomic E-state index is 12.1. The molecule has 6 heteroatoms. The van der Waals surface area contributed by atoms with Crippen molar-refractivity contribution in [3.05, 3.63) is 42.6 Å². The van der Waals surface area contributed by atoms with Gasteiger partial charge in [-0.15, -0.1) is 0 Å². The highest BCUT2D eigenvalue weighted by atomic mass is 16.2. The first kappa shape index (κ1) is 18.0. The molecule has 1 aromatic heterocycles. The van der Waals surface area contributed by atoms with Crippen LogP contribution >= 0.6 is 0 Å². The van der Waals surface area contributed by atoms with Gasteiger partial charge in [-0.1, -0.05) is 19.3 Å². The first-order valence-corrected chi connectivity index (χ1v) is 9.18. The van der Waals surface area contributed by atoms with Crippen molar-refractivity contribution in [3.8, 4) is 0 Å². The molecule has 0 spiro atoms. The molecule has 1 heterocycles. The van der Waals surface area contributed by atoms with Crippen molar-refractivity contribution in [2.45, 2.75) is 38.1 Å². The summed E-state index contributed by atoms with van der Waals surface area (Å²) in [5.74, 6) is 0.737. The molecule has 0 saturated heterocycles. The molecular weight excluding hydrogens is 326 g/mol. The Kier molecular flexibility index (Phi) is 5.94. The Morgan fingerprint density at radius 2 is 1.69 bits per heavy atom. The van der Waals surface area contributed by atoms with Crippen molar-refractivity contribution in [1.29, 1.82) is 0 Å². The number of benzene rings is 1. The first-order valence-electron chi connectivity index (χ1n) is 9.18. The number of rotatable bonds is 5. The predicted octanol–water partition coefficient (Wildman–Crippen LogP) is 4.35. The second kappa shape index (κ2) is 8.56. The summed E-state index contributed by atoms with van der Waals surface area (Å²) in [6.45, 7) is 0. The zero-order valence-corrected chi connectivity index (χ0v) is 15.5. The van der Waals surface area contributed by atoms with E-state index in [2.05, 4.69) is 25.8 Å². The number of carbonyl (C=O) groups is 1. The van der Waals surface area contributed by atoms with Crippen molar-refractivity contribution >= 4 is 28.9 Å². The van der Waals surface area contributed by atoms with Gasteiger partial charge in [0, 0.05) is 31.5 Å². The van der Waals surface area contributed by atoms with Gasteiger partial charge in [0.1, 0.15) is 5.82 Å². The molecule has 2 amide bonds. The summed E-state index contributed by atoms with van der Waals surface area (Å²) < 4.78 is 0. The molecule has 1 fully saturated rings. The zero-order valence-electron chi connectivity index (χ0n) is 15.5. The fraction of sp³-hybridized carbons (Fsp3) is 0.400. The van der Waals surface area contributed by atoms with Crippen LogP contribution < -0.4 is 20.9 Å². The van der Waals surface area contributed by atoms with E-state index in [0.717, 1.165) is 30.0 Å². The Labute approximate surface area is 155 Å². The Bertz CT molecular complexity index is 706. The lowest BCUT2D eigenvalue weighted by Crippen LogP contribution is -2.39. The number of nitrogens with zero attached hydrogens (tertiary/aromatic N) is 2. The Hall–Kier alpha value is -2.76. The van der Waals surface area contributed by atoms with E-state index in [4.69, 9.17) is 0 Å². The lowest BCUT2D eigenvalue weighted by Gasteiger charge is -2.22. The number of carbonyl (C=O) groups excluding carboxylic acids is 1. The van der Waals surface area contributed by atoms with Crippen LogP contribution in [0.25, 0.3) is 0 Å². The molecule has 26 heavy (non-hydrogen) atoms. The van der Waals surface area contributed by atoms with E-state index in [1.165, 1.54) is 19.3 Å². The van der Waals surface area contributed by atoms with Gasteiger partial charge in [0.25, 0.3) is 0 Å². The van der Waals surface area contributed by atoms with E-state index in [1.807, 2.05) is 50.5 Å². The number of hydrogen-bond acceptors (Lipinski definition) is 4. The summed E-state index contributed by atoms with van der Waals surface area (Å²) in [5, 5.41) is 9.15. The molecule has 1 aromatic carbocycles. The number of anilines is 4. The van der Waals surface area contributed by atoms with Crippen LogP contribution in [-0.2, 0) is 0 Å². The van der Waals surface area contributed by atoms with Crippen LogP contribution in [0.1, 0.15) is 32.1 Å². The number of pyridine rings is 1. The highest BCUT2D eigenvalue weighted by Gasteiger charge is 2.15. The molecule has 0 atom stereocenters. The van der Waals surface area contributed by atoms with Crippen molar-refractivity contribution in [3.63, 3.8) is 0 Å². The normalized spacial score (nSPS) is 14.5. The average molecular weight is 353 g/mol. The van der Waals surface area contributed by atoms with Gasteiger partial charge in [0.05, 0.1) is 11.9 Å². The van der Waals surface area contributed by atoms with Crippen LogP contribution in [0.5, 0.6) is 0 Å². The minimum Gasteiger partial charge on any atom is -0.378 e. The topological polar surface area (TPSA) is 69.3 Å². The number of nitrogens with one attached hydrogen (secondary N) is 3. The Balaban J connectivity index is 1.52. The molecule has 0 bridgehead atoms. The minimum absolute atomic E-state index is 0.154. The fourth-order valence-electron chi connectivity index (χ4n) is 3.13. The van der Waals surface area contributed by atoms with Gasteiger partial charge in [-0.2, -0.15) is 0 Å². The highest BCUT2D eigenvalue weighted by Crippen LogP contribution is 2.20. The van der Waals surface area contributed by atoms with E-state index in [9.17, 15) is 4.79 Å². The van der Waals surface area contributed by atoms with Gasteiger partial charge in [0.15, 0.2) is 0 Å².